The number of esters is 1. The molecule has 0 unspecified atom stereocenters. The highest BCUT2D eigenvalue weighted by Gasteiger charge is 2.34. The third kappa shape index (κ3) is 7.50. The van der Waals surface area contributed by atoms with Crippen LogP contribution < -0.4 is 9.47 Å². The number of aliphatic imine (C=N–C) groups is 1. The Balaban J connectivity index is 1.68. The molecule has 0 spiro atoms. The third-order valence-corrected chi connectivity index (χ3v) is 8.51. The smallest absolute Gasteiger partial charge is 0.344 e. The minimum Gasteiger partial charge on any atom is -0.506 e. The molecular formula is C31H26Cl2INO6S. The summed E-state index contributed by atoms with van der Waals surface area (Å²) in [5.74, 6) is -0.566. The first-order valence-electron chi connectivity index (χ1n) is 12.8. The van der Waals surface area contributed by atoms with Gasteiger partial charge in [0, 0.05) is 5.56 Å². The predicted molar refractivity (Wildman–Crippen MR) is 176 cm³/mol. The zero-order chi connectivity index (χ0) is 30.4. The number of carbonyl (C=O) groups is 2. The second-order valence-electron chi connectivity index (χ2n) is 8.89. The Bertz CT molecular complexity index is 1640. The van der Waals surface area contributed by atoms with E-state index in [2.05, 4.69) is 27.6 Å². The molecule has 0 bridgehead atoms. The predicted octanol–water partition coefficient (Wildman–Crippen LogP) is 8.59. The van der Waals surface area contributed by atoms with Gasteiger partial charge in [-0.05, 0) is 96.5 Å². The fourth-order valence-corrected chi connectivity index (χ4v) is 6.08. The molecule has 0 aliphatic carbocycles. The fourth-order valence-electron chi connectivity index (χ4n) is 3.97. The molecule has 1 amide bonds. The highest BCUT2D eigenvalue weighted by molar-refractivity contribution is 14.1. The third-order valence-electron chi connectivity index (χ3n) is 5.95. The van der Waals surface area contributed by atoms with Crippen LogP contribution in [0.4, 0.5) is 0 Å². The maximum atomic E-state index is 13.0. The molecule has 1 aliphatic heterocycles. The SMILES string of the molecule is CCOC(=O)C1=C(O)/C(=C/c2cc(I)c(OCc3ccc(Cl)c(Cl)c3)c(OCC)c2)SC1=NC(=O)c1ccccc1C. The van der Waals surface area contributed by atoms with Crippen LogP contribution in [-0.2, 0) is 16.1 Å². The molecule has 7 nitrogen and oxygen atoms in total. The summed E-state index contributed by atoms with van der Waals surface area (Å²) in [7, 11) is 0. The number of aryl methyl sites for hydroxylation is 1. The molecule has 3 aromatic carbocycles. The number of thioether (sulfide) groups is 1. The molecule has 0 fully saturated rings. The summed E-state index contributed by atoms with van der Waals surface area (Å²) in [5, 5.41) is 12.0. The molecule has 1 N–H and O–H groups in total. The summed E-state index contributed by atoms with van der Waals surface area (Å²) in [4.78, 5) is 30.3. The molecule has 0 aromatic heterocycles. The number of rotatable bonds is 9. The topological polar surface area (TPSA) is 94.4 Å². The first kappa shape index (κ1) is 31.9. The lowest BCUT2D eigenvalue weighted by Gasteiger charge is -2.15. The van der Waals surface area contributed by atoms with E-state index in [9.17, 15) is 14.7 Å². The second-order valence-corrected chi connectivity index (χ2v) is 11.9. The van der Waals surface area contributed by atoms with Gasteiger partial charge < -0.3 is 19.3 Å². The van der Waals surface area contributed by atoms with Crippen LogP contribution >= 0.6 is 57.6 Å². The lowest BCUT2D eigenvalue weighted by Crippen LogP contribution is -2.14. The Morgan fingerprint density at radius 2 is 1.79 bits per heavy atom. The van der Waals surface area contributed by atoms with Gasteiger partial charge in [0.2, 0.25) is 0 Å². The maximum Gasteiger partial charge on any atom is 0.344 e. The minimum absolute atomic E-state index is 0.0618. The number of aliphatic hydroxyl groups excluding tert-OH is 1. The number of nitrogens with zero attached hydrogens (tertiary/aromatic N) is 1. The van der Waals surface area contributed by atoms with Crippen LogP contribution in [0.5, 0.6) is 11.5 Å². The largest absolute Gasteiger partial charge is 0.506 e. The van der Waals surface area contributed by atoms with E-state index >= 15 is 0 Å². The van der Waals surface area contributed by atoms with E-state index in [0.717, 1.165) is 26.5 Å². The van der Waals surface area contributed by atoms with Crippen LogP contribution in [0.25, 0.3) is 6.08 Å². The number of benzene rings is 3. The van der Waals surface area contributed by atoms with E-state index in [1.165, 1.54) is 0 Å². The van der Waals surface area contributed by atoms with Crippen molar-refractivity contribution in [2.75, 3.05) is 13.2 Å². The first-order chi connectivity index (χ1) is 20.1. The zero-order valence-corrected chi connectivity index (χ0v) is 27.4. The van der Waals surface area contributed by atoms with Crippen LogP contribution in [0, 0.1) is 10.5 Å². The average Bonchev–Trinajstić information content (AvgIpc) is 3.24. The van der Waals surface area contributed by atoms with Gasteiger partial charge in [0.1, 0.15) is 23.0 Å². The summed E-state index contributed by atoms with van der Waals surface area (Å²) in [6, 6.07) is 15.9. The van der Waals surface area contributed by atoms with Gasteiger partial charge in [-0.3, -0.25) is 4.79 Å². The lowest BCUT2D eigenvalue weighted by molar-refractivity contribution is -0.138. The molecule has 3 aromatic rings. The van der Waals surface area contributed by atoms with Crippen molar-refractivity contribution in [3.8, 4) is 11.5 Å². The molecule has 0 radical (unpaired) electrons. The first-order valence-corrected chi connectivity index (χ1v) is 15.5. The van der Waals surface area contributed by atoms with E-state index in [-0.39, 0.29) is 29.6 Å². The van der Waals surface area contributed by atoms with Crippen molar-refractivity contribution < 1.29 is 28.9 Å². The van der Waals surface area contributed by atoms with Crippen molar-refractivity contribution in [3.05, 3.63) is 107 Å². The van der Waals surface area contributed by atoms with Crippen molar-refractivity contribution in [2.24, 2.45) is 4.99 Å². The van der Waals surface area contributed by atoms with E-state index in [4.69, 9.17) is 37.4 Å². The summed E-state index contributed by atoms with van der Waals surface area (Å²) < 4.78 is 17.9. The Morgan fingerprint density at radius 1 is 1.02 bits per heavy atom. The minimum atomic E-state index is -0.766. The second kappa shape index (κ2) is 14.5. The molecule has 1 heterocycles. The van der Waals surface area contributed by atoms with Gasteiger partial charge in [0.25, 0.3) is 5.91 Å². The molecular weight excluding hydrogens is 712 g/mol. The average molecular weight is 738 g/mol. The van der Waals surface area contributed by atoms with Crippen LogP contribution in [0.1, 0.15) is 40.9 Å². The zero-order valence-electron chi connectivity index (χ0n) is 22.9. The molecule has 11 heteroatoms. The van der Waals surface area contributed by atoms with Crippen molar-refractivity contribution in [2.45, 2.75) is 27.4 Å². The van der Waals surface area contributed by atoms with Gasteiger partial charge in [-0.15, -0.1) is 0 Å². The van der Waals surface area contributed by atoms with Crippen molar-refractivity contribution >= 4 is 80.6 Å². The number of amides is 1. The fraction of sp³-hybridized carbons (Fsp3) is 0.194. The van der Waals surface area contributed by atoms with Gasteiger partial charge in [-0.2, -0.15) is 0 Å². The number of carbonyl (C=O) groups excluding carboxylic acids is 2. The Kier molecular flexibility index (Phi) is 11.0. The highest BCUT2D eigenvalue weighted by atomic mass is 127. The van der Waals surface area contributed by atoms with E-state index in [1.54, 1.807) is 56.3 Å². The van der Waals surface area contributed by atoms with Gasteiger partial charge in [0.15, 0.2) is 11.5 Å². The van der Waals surface area contributed by atoms with Crippen molar-refractivity contribution in [1.29, 1.82) is 0 Å². The van der Waals surface area contributed by atoms with Crippen LogP contribution in [-0.4, -0.2) is 35.2 Å². The van der Waals surface area contributed by atoms with E-state index in [0.29, 0.717) is 44.2 Å². The monoisotopic (exact) mass is 737 g/mol. The van der Waals surface area contributed by atoms with Crippen molar-refractivity contribution in [1.82, 2.24) is 0 Å². The molecule has 42 heavy (non-hydrogen) atoms. The van der Waals surface area contributed by atoms with Gasteiger partial charge in [0.05, 0.1) is 31.7 Å². The summed E-state index contributed by atoms with van der Waals surface area (Å²) >= 11 is 15.3. The maximum absolute atomic E-state index is 13.0. The molecule has 218 valence electrons. The van der Waals surface area contributed by atoms with Gasteiger partial charge in [-0.1, -0.05) is 59.2 Å². The number of hydrogen-bond donors (Lipinski definition) is 1. The summed E-state index contributed by atoms with van der Waals surface area (Å²) in [6.07, 6.45) is 1.69. The molecule has 1 aliphatic rings. The Labute approximate surface area is 271 Å². The Hall–Kier alpha value is -2.99. The van der Waals surface area contributed by atoms with Gasteiger partial charge >= 0.3 is 5.97 Å². The van der Waals surface area contributed by atoms with Crippen LogP contribution in [0.15, 0.2) is 75.8 Å². The number of hydrogen-bond acceptors (Lipinski definition) is 7. The van der Waals surface area contributed by atoms with E-state index < -0.39 is 11.9 Å². The van der Waals surface area contributed by atoms with Crippen molar-refractivity contribution in [3.63, 3.8) is 0 Å². The lowest BCUT2D eigenvalue weighted by atomic mass is 10.1. The van der Waals surface area contributed by atoms with E-state index in [1.807, 2.05) is 25.1 Å². The highest BCUT2D eigenvalue weighted by Crippen LogP contribution is 2.41. The standard InChI is InChI=1S/C31H26Cl2INO6S/c1-4-39-24-14-19(13-23(34)28(24)41-16-18-10-11-21(32)22(33)12-18)15-25-27(36)26(31(38)40-5-2)30(42-25)35-29(37)20-9-7-6-8-17(20)3/h6-15,36H,4-5,16H2,1-3H3/b25-15-,35-30?. The Morgan fingerprint density at radius 3 is 2.48 bits per heavy atom. The number of halogens is 3. The summed E-state index contributed by atoms with van der Waals surface area (Å²) in [6.45, 7) is 6.05. The normalized spacial score (nSPS) is 14.9. The molecule has 0 saturated carbocycles. The number of ether oxygens (including phenoxy) is 3. The number of aliphatic hydroxyl groups is 1. The van der Waals surface area contributed by atoms with Crippen LogP contribution in [0.2, 0.25) is 10.0 Å². The van der Waals surface area contributed by atoms with Gasteiger partial charge in [-0.25, -0.2) is 9.79 Å². The molecule has 4 rings (SSSR count). The molecule has 0 atom stereocenters. The van der Waals surface area contributed by atoms with Crippen LogP contribution in [0.3, 0.4) is 0 Å². The molecule has 0 saturated heterocycles. The quantitative estimate of drug-likeness (QED) is 0.174. The summed E-state index contributed by atoms with van der Waals surface area (Å²) in [5.41, 5.74) is 2.50.